The number of nitrogens with one attached hydrogen (secondary N) is 1. The van der Waals surface area contributed by atoms with Crippen LogP contribution >= 0.6 is 11.8 Å². The summed E-state index contributed by atoms with van der Waals surface area (Å²) < 4.78 is 39.0. The van der Waals surface area contributed by atoms with E-state index in [1.54, 1.807) is 24.1 Å². The number of carbonyl (C=O) groups is 2. The highest BCUT2D eigenvalue weighted by atomic mass is 32.2. The van der Waals surface area contributed by atoms with Gasteiger partial charge in [0.2, 0.25) is 11.8 Å². The molecular formula is C17H21F3N2O2S. The maximum absolute atomic E-state index is 13.0. The maximum Gasteiger partial charge on any atom is 0.416 e. The first-order chi connectivity index (χ1) is 11.7. The van der Waals surface area contributed by atoms with Gasteiger partial charge in [0, 0.05) is 19.5 Å². The van der Waals surface area contributed by atoms with Gasteiger partial charge >= 0.3 is 6.18 Å². The molecule has 1 aromatic rings. The first-order valence-electron chi connectivity index (χ1n) is 8.00. The number of rotatable bonds is 6. The molecule has 1 heterocycles. The lowest BCUT2D eigenvalue weighted by Gasteiger charge is -2.26. The molecule has 8 heteroatoms. The molecule has 0 unspecified atom stereocenters. The number of alkyl halides is 3. The van der Waals surface area contributed by atoms with Crippen molar-refractivity contribution in [1.82, 2.24) is 10.2 Å². The Morgan fingerprint density at radius 1 is 1.40 bits per heavy atom. The second-order valence-corrected chi connectivity index (χ2v) is 7.18. The van der Waals surface area contributed by atoms with Gasteiger partial charge in [-0.15, -0.1) is 0 Å². The molecule has 1 N–H and O–H groups in total. The predicted molar refractivity (Wildman–Crippen MR) is 91.1 cm³/mol. The lowest BCUT2D eigenvalue weighted by molar-refractivity contribution is -0.137. The Labute approximate surface area is 149 Å². The van der Waals surface area contributed by atoms with Crippen LogP contribution in [0.1, 0.15) is 36.9 Å². The summed E-state index contributed by atoms with van der Waals surface area (Å²) in [5.74, 6) is -0.300. The Morgan fingerprint density at radius 3 is 2.68 bits per heavy atom. The third-order valence-electron chi connectivity index (χ3n) is 4.23. The van der Waals surface area contributed by atoms with Crippen molar-refractivity contribution in [3.63, 3.8) is 0 Å². The van der Waals surface area contributed by atoms with Crippen LogP contribution in [0.15, 0.2) is 24.3 Å². The third kappa shape index (κ3) is 5.14. The molecule has 1 fully saturated rings. The van der Waals surface area contributed by atoms with Crippen molar-refractivity contribution in [2.75, 3.05) is 19.3 Å². The van der Waals surface area contributed by atoms with E-state index in [1.165, 1.54) is 17.8 Å². The minimum atomic E-state index is -4.46. The first kappa shape index (κ1) is 19.6. The van der Waals surface area contributed by atoms with Gasteiger partial charge in [-0.1, -0.05) is 12.1 Å². The fourth-order valence-corrected chi connectivity index (χ4v) is 2.96. The van der Waals surface area contributed by atoms with Gasteiger partial charge in [0.15, 0.2) is 0 Å². The molecule has 1 aliphatic rings. The van der Waals surface area contributed by atoms with Gasteiger partial charge in [0.1, 0.15) is 0 Å². The van der Waals surface area contributed by atoms with E-state index in [0.29, 0.717) is 18.5 Å². The summed E-state index contributed by atoms with van der Waals surface area (Å²) in [5, 5.41) is 2.46. The zero-order valence-electron chi connectivity index (χ0n) is 14.1. The van der Waals surface area contributed by atoms with Gasteiger partial charge in [0.05, 0.1) is 16.9 Å². The number of carbonyl (C=O) groups excluding carboxylic acids is 2. The molecule has 1 saturated heterocycles. The third-order valence-corrected chi connectivity index (χ3v) is 5.15. The van der Waals surface area contributed by atoms with Gasteiger partial charge in [-0.05, 0) is 37.3 Å². The Hall–Kier alpha value is -1.70. The van der Waals surface area contributed by atoms with Gasteiger partial charge in [0.25, 0.3) is 0 Å². The van der Waals surface area contributed by atoms with Gasteiger partial charge < -0.3 is 10.2 Å². The number of hydrogen-bond acceptors (Lipinski definition) is 3. The largest absolute Gasteiger partial charge is 0.416 e. The molecule has 4 nitrogen and oxygen atoms in total. The zero-order valence-corrected chi connectivity index (χ0v) is 14.9. The molecule has 0 aliphatic carbocycles. The monoisotopic (exact) mass is 374 g/mol. The van der Waals surface area contributed by atoms with Crippen LogP contribution in [-0.2, 0) is 15.8 Å². The van der Waals surface area contributed by atoms with E-state index in [-0.39, 0.29) is 23.6 Å². The van der Waals surface area contributed by atoms with Crippen molar-refractivity contribution in [3.8, 4) is 0 Å². The Morgan fingerprint density at radius 2 is 2.12 bits per heavy atom. The first-order valence-corrected chi connectivity index (χ1v) is 9.29. The molecule has 25 heavy (non-hydrogen) atoms. The van der Waals surface area contributed by atoms with Crippen molar-refractivity contribution in [2.24, 2.45) is 0 Å². The second kappa shape index (κ2) is 8.12. The molecular weight excluding hydrogens is 353 g/mol. The van der Waals surface area contributed by atoms with Gasteiger partial charge in [-0.2, -0.15) is 24.9 Å². The SMILES string of the molecule is CS[C@H](C)C(=O)N[C@H](CN1CCCC1=O)c1cccc(C(F)(F)F)c1. The Kier molecular flexibility index (Phi) is 6.37. The molecule has 1 aromatic carbocycles. The van der Waals surface area contributed by atoms with Crippen LogP contribution in [0.5, 0.6) is 0 Å². The lowest BCUT2D eigenvalue weighted by atomic mass is 10.0. The molecule has 0 radical (unpaired) electrons. The highest BCUT2D eigenvalue weighted by Gasteiger charge is 2.32. The Bertz CT molecular complexity index is 637. The molecule has 138 valence electrons. The normalized spacial score (nSPS) is 17.5. The Balaban J connectivity index is 2.27. The van der Waals surface area contributed by atoms with Crippen LogP contribution in [0, 0.1) is 0 Å². The number of nitrogens with zero attached hydrogens (tertiary/aromatic N) is 1. The number of benzene rings is 1. The molecule has 2 atom stereocenters. The van der Waals surface area contributed by atoms with Crippen LogP contribution in [0.2, 0.25) is 0 Å². The van der Waals surface area contributed by atoms with E-state index in [4.69, 9.17) is 0 Å². The van der Waals surface area contributed by atoms with Crippen LogP contribution < -0.4 is 5.32 Å². The average molecular weight is 374 g/mol. The van der Waals surface area contributed by atoms with Gasteiger partial charge in [-0.25, -0.2) is 0 Å². The van der Waals surface area contributed by atoms with Crippen molar-refractivity contribution in [3.05, 3.63) is 35.4 Å². The zero-order chi connectivity index (χ0) is 18.6. The minimum Gasteiger partial charge on any atom is -0.347 e. The summed E-state index contributed by atoms with van der Waals surface area (Å²) in [6.07, 6.45) is -1.51. The van der Waals surface area contributed by atoms with E-state index in [9.17, 15) is 22.8 Å². The number of amides is 2. The molecule has 0 saturated carbocycles. The minimum absolute atomic E-state index is 0.0378. The summed E-state index contributed by atoms with van der Waals surface area (Å²) in [6.45, 7) is 2.46. The van der Waals surface area contributed by atoms with Crippen LogP contribution in [0.4, 0.5) is 13.2 Å². The fraction of sp³-hybridized carbons (Fsp3) is 0.529. The number of likely N-dealkylation sites (tertiary alicyclic amines) is 1. The second-order valence-electron chi connectivity index (χ2n) is 6.01. The van der Waals surface area contributed by atoms with E-state index in [0.717, 1.165) is 18.6 Å². The molecule has 2 amide bonds. The van der Waals surface area contributed by atoms with Gasteiger partial charge in [-0.3, -0.25) is 9.59 Å². The average Bonchev–Trinajstić information content (AvgIpc) is 2.97. The number of halogens is 3. The maximum atomic E-state index is 13.0. The highest BCUT2D eigenvalue weighted by Crippen LogP contribution is 2.31. The molecule has 2 rings (SSSR count). The summed E-state index contributed by atoms with van der Waals surface area (Å²) in [4.78, 5) is 25.7. The highest BCUT2D eigenvalue weighted by molar-refractivity contribution is 7.99. The topological polar surface area (TPSA) is 49.4 Å². The molecule has 0 aromatic heterocycles. The smallest absolute Gasteiger partial charge is 0.347 e. The lowest BCUT2D eigenvalue weighted by Crippen LogP contribution is -2.41. The van der Waals surface area contributed by atoms with E-state index in [2.05, 4.69) is 5.32 Å². The number of thioether (sulfide) groups is 1. The van der Waals surface area contributed by atoms with Crippen LogP contribution in [-0.4, -0.2) is 41.3 Å². The summed E-state index contributed by atoms with van der Waals surface area (Å²) >= 11 is 1.35. The van der Waals surface area contributed by atoms with Crippen molar-refractivity contribution in [2.45, 2.75) is 37.2 Å². The van der Waals surface area contributed by atoms with Crippen molar-refractivity contribution >= 4 is 23.6 Å². The van der Waals surface area contributed by atoms with Crippen LogP contribution in [0.25, 0.3) is 0 Å². The molecule has 0 bridgehead atoms. The molecule has 0 spiro atoms. The molecule has 1 aliphatic heterocycles. The standard InChI is InChI=1S/C17H21F3N2O2S/c1-11(25-2)16(24)21-14(10-22-8-4-7-15(22)23)12-5-3-6-13(9-12)17(18,19)20/h3,5-6,9,11,14H,4,7-8,10H2,1-2H3,(H,21,24)/t11-,14-/m1/s1. The van der Waals surface area contributed by atoms with E-state index < -0.39 is 17.8 Å². The fourth-order valence-electron chi connectivity index (χ4n) is 2.68. The summed E-state index contributed by atoms with van der Waals surface area (Å²) in [6, 6.07) is 4.22. The number of hydrogen-bond donors (Lipinski definition) is 1. The van der Waals surface area contributed by atoms with Crippen molar-refractivity contribution in [1.29, 1.82) is 0 Å². The quantitative estimate of drug-likeness (QED) is 0.832. The van der Waals surface area contributed by atoms with E-state index >= 15 is 0 Å². The predicted octanol–water partition coefficient (Wildman–Crippen LogP) is 3.24. The van der Waals surface area contributed by atoms with Crippen molar-refractivity contribution < 1.29 is 22.8 Å². The summed E-state index contributed by atoms with van der Waals surface area (Å²) in [7, 11) is 0. The summed E-state index contributed by atoms with van der Waals surface area (Å²) in [5.41, 5.74) is -0.425. The van der Waals surface area contributed by atoms with Crippen LogP contribution in [0.3, 0.4) is 0 Å². The van der Waals surface area contributed by atoms with E-state index in [1.807, 2.05) is 0 Å².